The number of rotatable bonds is 5. The van der Waals surface area contributed by atoms with Gasteiger partial charge in [0, 0.05) is 31.9 Å². The summed E-state index contributed by atoms with van der Waals surface area (Å²) in [4.78, 5) is 0.268. The topological polar surface area (TPSA) is 90.0 Å². The molecule has 108 valence electrons. The van der Waals surface area contributed by atoms with E-state index in [1.54, 1.807) is 43.2 Å². The van der Waals surface area contributed by atoms with Gasteiger partial charge in [0.05, 0.1) is 11.1 Å². The number of sulfonamides is 1. The molecule has 0 aliphatic carbocycles. The number of aryl methyl sites for hydroxylation is 2. The molecule has 0 fully saturated rings. The Morgan fingerprint density at radius 3 is 2.70 bits per heavy atom. The number of nitrogens with zero attached hydrogens (tertiary/aromatic N) is 2. The highest BCUT2D eigenvalue weighted by atomic mass is 32.2. The maximum absolute atomic E-state index is 12.3. The summed E-state index contributed by atoms with van der Waals surface area (Å²) in [6, 6.07) is 5.21. The second kappa shape index (κ2) is 5.74. The van der Waals surface area contributed by atoms with Gasteiger partial charge in [-0.05, 0) is 24.1 Å². The number of aromatic nitrogens is 2. The fourth-order valence-corrected chi connectivity index (χ4v) is 3.19. The monoisotopic (exact) mass is 294 g/mol. The molecule has 0 spiro atoms. The Kier molecular flexibility index (Phi) is 4.22. The quantitative estimate of drug-likeness (QED) is 0.848. The van der Waals surface area contributed by atoms with Gasteiger partial charge in [-0.15, -0.1) is 0 Å². The van der Waals surface area contributed by atoms with Gasteiger partial charge in [0.1, 0.15) is 0 Å². The minimum Gasteiger partial charge on any atom is -0.326 e. The summed E-state index contributed by atoms with van der Waals surface area (Å²) in [6.07, 6.45) is 3.40. The van der Waals surface area contributed by atoms with E-state index in [1.165, 1.54) is 0 Å². The Hall–Kier alpha value is -1.70. The van der Waals surface area contributed by atoms with Crippen LogP contribution in [-0.2, 0) is 30.2 Å². The standard InChI is InChI=1S/C13H18N4O2S/c1-10-3-4-11(6-14)5-13(10)20(18,19)16-8-12-7-15-17(2)9-12/h3-5,7,9,16H,6,8,14H2,1-2H3. The van der Waals surface area contributed by atoms with Gasteiger partial charge in [-0.3, -0.25) is 4.68 Å². The van der Waals surface area contributed by atoms with Gasteiger partial charge < -0.3 is 5.73 Å². The number of hydrogen-bond acceptors (Lipinski definition) is 4. The molecule has 3 N–H and O–H groups in total. The fourth-order valence-electron chi connectivity index (χ4n) is 1.88. The maximum atomic E-state index is 12.3. The average Bonchev–Trinajstić information content (AvgIpc) is 2.83. The van der Waals surface area contributed by atoms with Crippen LogP contribution in [0.4, 0.5) is 0 Å². The van der Waals surface area contributed by atoms with Crippen molar-refractivity contribution in [3.8, 4) is 0 Å². The van der Waals surface area contributed by atoms with Crippen molar-refractivity contribution < 1.29 is 8.42 Å². The zero-order chi connectivity index (χ0) is 14.8. The molecular formula is C13H18N4O2S. The molecule has 6 nitrogen and oxygen atoms in total. The minimum absolute atomic E-state index is 0.211. The molecule has 1 heterocycles. The molecule has 0 aliphatic rings. The van der Waals surface area contributed by atoms with Gasteiger partial charge in [0.2, 0.25) is 10.0 Å². The van der Waals surface area contributed by atoms with Crippen LogP contribution in [0.1, 0.15) is 16.7 Å². The van der Waals surface area contributed by atoms with E-state index in [-0.39, 0.29) is 11.4 Å². The normalized spacial score (nSPS) is 11.8. The molecule has 0 radical (unpaired) electrons. The lowest BCUT2D eigenvalue weighted by molar-refractivity contribution is 0.580. The summed E-state index contributed by atoms with van der Waals surface area (Å²) in [5, 5.41) is 4.00. The summed E-state index contributed by atoms with van der Waals surface area (Å²) in [6.45, 7) is 2.28. The van der Waals surface area contributed by atoms with Crippen LogP contribution in [0.5, 0.6) is 0 Å². The number of nitrogens with two attached hydrogens (primary N) is 1. The minimum atomic E-state index is -3.56. The molecule has 2 aromatic rings. The highest BCUT2D eigenvalue weighted by molar-refractivity contribution is 7.89. The Balaban J connectivity index is 2.21. The third kappa shape index (κ3) is 3.24. The van der Waals surface area contributed by atoms with Gasteiger partial charge in [-0.2, -0.15) is 5.10 Å². The van der Waals surface area contributed by atoms with Crippen LogP contribution in [0.15, 0.2) is 35.5 Å². The molecule has 7 heteroatoms. The summed E-state index contributed by atoms with van der Waals surface area (Å²) < 4.78 is 28.8. The molecule has 0 amide bonds. The van der Waals surface area contributed by atoms with Gasteiger partial charge in [0.25, 0.3) is 0 Å². The van der Waals surface area contributed by atoms with E-state index in [2.05, 4.69) is 9.82 Å². The van der Waals surface area contributed by atoms with Crippen LogP contribution in [-0.4, -0.2) is 18.2 Å². The van der Waals surface area contributed by atoms with Crippen molar-refractivity contribution in [2.45, 2.75) is 24.9 Å². The number of benzene rings is 1. The van der Waals surface area contributed by atoms with E-state index in [1.807, 2.05) is 6.07 Å². The summed E-state index contributed by atoms with van der Waals surface area (Å²) in [5.41, 5.74) is 7.85. The zero-order valence-corrected chi connectivity index (χ0v) is 12.3. The van der Waals surface area contributed by atoms with Crippen LogP contribution in [0.3, 0.4) is 0 Å². The van der Waals surface area contributed by atoms with Crippen LogP contribution in [0.2, 0.25) is 0 Å². The van der Waals surface area contributed by atoms with Crippen molar-refractivity contribution in [2.75, 3.05) is 0 Å². The van der Waals surface area contributed by atoms with Gasteiger partial charge >= 0.3 is 0 Å². The van der Waals surface area contributed by atoms with Crippen molar-refractivity contribution in [1.29, 1.82) is 0 Å². The summed E-state index contributed by atoms with van der Waals surface area (Å²) in [7, 11) is -1.77. The highest BCUT2D eigenvalue weighted by Gasteiger charge is 2.17. The van der Waals surface area contributed by atoms with E-state index < -0.39 is 10.0 Å². The predicted molar refractivity (Wildman–Crippen MR) is 76.3 cm³/mol. The number of nitrogens with one attached hydrogen (secondary N) is 1. The molecule has 0 saturated heterocycles. The second-order valence-electron chi connectivity index (χ2n) is 4.65. The Labute approximate surface area is 118 Å². The van der Waals surface area contributed by atoms with E-state index >= 15 is 0 Å². The van der Waals surface area contributed by atoms with Crippen molar-refractivity contribution in [1.82, 2.24) is 14.5 Å². The predicted octanol–water partition coefficient (Wildman–Crippen LogP) is 0.666. The van der Waals surface area contributed by atoms with Crippen LogP contribution in [0, 0.1) is 6.92 Å². The van der Waals surface area contributed by atoms with Gasteiger partial charge in [0.15, 0.2) is 0 Å². The summed E-state index contributed by atoms with van der Waals surface area (Å²) in [5.74, 6) is 0. The molecule has 1 aromatic heterocycles. The van der Waals surface area contributed by atoms with Crippen LogP contribution >= 0.6 is 0 Å². The maximum Gasteiger partial charge on any atom is 0.241 e. The smallest absolute Gasteiger partial charge is 0.241 e. The van der Waals surface area contributed by atoms with Crippen LogP contribution in [0.25, 0.3) is 0 Å². The first-order valence-corrected chi connectivity index (χ1v) is 7.67. The lowest BCUT2D eigenvalue weighted by atomic mass is 10.1. The molecule has 0 aliphatic heterocycles. The van der Waals surface area contributed by atoms with E-state index in [4.69, 9.17) is 5.73 Å². The lowest BCUT2D eigenvalue weighted by Crippen LogP contribution is -2.24. The third-order valence-corrected chi connectivity index (χ3v) is 4.55. The molecule has 1 aromatic carbocycles. The van der Waals surface area contributed by atoms with Crippen LogP contribution < -0.4 is 10.5 Å². The second-order valence-corrected chi connectivity index (χ2v) is 6.39. The number of hydrogen-bond donors (Lipinski definition) is 2. The van der Waals surface area contributed by atoms with Gasteiger partial charge in [-0.25, -0.2) is 13.1 Å². The Morgan fingerprint density at radius 2 is 2.10 bits per heavy atom. The lowest BCUT2D eigenvalue weighted by Gasteiger charge is -2.10. The van der Waals surface area contributed by atoms with Crippen molar-refractivity contribution in [3.63, 3.8) is 0 Å². The molecule has 0 atom stereocenters. The van der Waals surface area contributed by atoms with Gasteiger partial charge in [-0.1, -0.05) is 12.1 Å². The summed E-state index contributed by atoms with van der Waals surface area (Å²) >= 11 is 0. The zero-order valence-electron chi connectivity index (χ0n) is 11.5. The molecule has 0 unspecified atom stereocenters. The third-order valence-electron chi connectivity index (χ3n) is 3.00. The first kappa shape index (κ1) is 14.7. The molecule has 20 heavy (non-hydrogen) atoms. The van der Waals surface area contributed by atoms with Crippen molar-refractivity contribution in [3.05, 3.63) is 47.3 Å². The van der Waals surface area contributed by atoms with E-state index in [9.17, 15) is 8.42 Å². The molecule has 0 bridgehead atoms. The first-order valence-electron chi connectivity index (χ1n) is 6.19. The van der Waals surface area contributed by atoms with E-state index in [0.717, 1.165) is 11.1 Å². The largest absolute Gasteiger partial charge is 0.326 e. The van der Waals surface area contributed by atoms with E-state index in [0.29, 0.717) is 12.1 Å². The van der Waals surface area contributed by atoms with Crippen molar-refractivity contribution in [2.24, 2.45) is 12.8 Å². The molecule has 0 saturated carbocycles. The average molecular weight is 294 g/mol. The first-order chi connectivity index (χ1) is 9.42. The van der Waals surface area contributed by atoms with Crippen molar-refractivity contribution >= 4 is 10.0 Å². The Morgan fingerprint density at radius 1 is 1.35 bits per heavy atom. The fraction of sp³-hybridized carbons (Fsp3) is 0.308. The molecular weight excluding hydrogens is 276 g/mol. The SMILES string of the molecule is Cc1ccc(CN)cc1S(=O)(=O)NCc1cnn(C)c1. The molecule has 2 rings (SSSR count). The highest BCUT2D eigenvalue weighted by Crippen LogP contribution is 2.17. The Bertz CT molecular complexity index is 707.